The van der Waals surface area contributed by atoms with Gasteiger partial charge in [0.25, 0.3) is 0 Å². The van der Waals surface area contributed by atoms with Gasteiger partial charge < -0.3 is 15.1 Å². The normalized spacial score (nSPS) is 22.5. The van der Waals surface area contributed by atoms with E-state index in [1.165, 1.54) is 19.1 Å². The van der Waals surface area contributed by atoms with Gasteiger partial charge in [0.1, 0.15) is 5.82 Å². The molecule has 3 amide bonds. The number of piperazine rings is 1. The summed E-state index contributed by atoms with van der Waals surface area (Å²) in [6.07, 6.45) is 0.570. The number of nitrogens with one attached hydrogen (secondary N) is 1. The summed E-state index contributed by atoms with van der Waals surface area (Å²) in [6, 6.07) is 5.95. The molecule has 6 nitrogen and oxygen atoms in total. The van der Waals surface area contributed by atoms with Crippen molar-refractivity contribution in [3.63, 3.8) is 0 Å². The van der Waals surface area contributed by atoms with Gasteiger partial charge in [0.15, 0.2) is 0 Å². The Morgan fingerprint density at radius 1 is 1.04 bits per heavy atom. The van der Waals surface area contributed by atoms with Crippen molar-refractivity contribution in [1.82, 2.24) is 15.1 Å². The third-order valence-electron chi connectivity index (χ3n) is 4.86. The fourth-order valence-corrected chi connectivity index (χ4v) is 3.16. The van der Waals surface area contributed by atoms with Gasteiger partial charge in [0.2, 0.25) is 17.7 Å². The molecule has 2 fully saturated rings. The van der Waals surface area contributed by atoms with Crippen LogP contribution in [0.4, 0.5) is 4.39 Å². The first-order chi connectivity index (χ1) is 12.0. The molecule has 0 aromatic heterocycles. The number of hydrogen-bond donors (Lipinski definition) is 1. The summed E-state index contributed by atoms with van der Waals surface area (Å²) in [5, 5.41) is 2.81. The van der Waals surface area contributed by atoms with Crippen LogP contribution in [0.25, 0.3) is 0 Å². The van der Waals surface area contributed by atoms with Crippen molar-refractivity contribution in [2.75, 3.05) is 26.2 Å². The summed E-state index contributed by atoms with van der Waals surface area (Å²) in [6.45, 7) is 4.01. The van der Waals surface area contributed by atoms with Gasteiger partial charge in [-0.3, -0.25) is 14.4 Å². The Kier molecular flexibility index (Phi) is 5.01. The summed E-state index contributed by atoms with van der Waals surface area (Å²) < 4.78 is 12.9. The molecule has 1 aliphatic carbocycles. The maximum atomic E-state index is 12.9. The second-order valence-electron chi connectivity index (χ2n) is 6.62. The van der Waals surface area contributed by atoms with Crippen molar-refractivity contribution in [3.8, 4) is 0 Å². The molecule has 1 aliphatic heterocycles. The number of amides is 3. The molecule has 2 atom stereocenters. The highest BCUT2D eigenvalue weighted by atomic mass is 19.1. The van der Waals surface area contributed by atoms with Crippen molar-refractivity contribution in [2.24, 2.45) is 11.8 Å². The Morgan fingerprint density at radius 3 is 2.24 bits per heavy atom. The first-order valence-corrected chi connectivity index (χ1v) is 8.52. The predicted molar refractivity (Wildman–Crippen MR) is 88.7 cm³/mol. The zero-order chi connectivity index (χ0) is 18.0. The molecule has 134 valence electrons. The summed E-state index contributed by atoms with van der Waals surface area (Å²) in [7, 11) is 0. The Labute approximate surface area is 146 Å². The number of rotatable bonds is 4. The van der Waals surface area contributed by atoms with Crippen molar-refractivity contribution < 1.29 is 18.8 Å². The fourth-order valence-electron chi connectivity index (χ4n) is 3.16. The number of halogens is 1. The molecule has 1 saturated heterocycles. The molecule has 25 heavy (non-hydrogen) atoms. The van der Waals surface area contributed by atoms with E-state index in [1.54, 1.807) is 21.9 Å². The van der Waals surface area contributed by atoms with Gasteiger partial charge >= 0.3 is 0 Å². The van der Waals surface area contributed by atoms with Gasteiger partial charge in [-0.05, 0) is 24.1 Å². The maximum absolute atomic E-state index is 12.9. The topological polar surface area (TPSA) is 69.7 Å². The number of hydrogen-bond acceptors (Lipinski definition) is 3. The lowest BCUT2D eigenvalue weighted by atomic mass is 10.2. The molecule has 1 heterocycles. The van der Waals surface area contributed by atoms with E-state index < -0.39 is 0 Å². The van der Waals surface area contributed by atoms with Crippen LogP contribution in [0.5, 0.6) is 0 Å². The standard InChI is InChI=1S/C18H22FN3O3/c1-12(23)21-6-8-22(9-7-21)18(25)16-10-15(16)17(24)20-11-13-2-4-14(19)5-3-13/h2-5,15-16H,6-11H2,1H3,(H,20,24). The molecule has 0 bridgehead atoms. The number of carbonyl (C=O) groups excluding carboxylic acids is 3. The van der Waals surface area contributed by atoms with Crippen molar-refractivity contribution in [1.29, 1.82) is 0 Å². The largest absolute Gasteiger partial charge is 0.352 e. The molecule has 0 radical (unpaired) electrons. The highest BCUT2D eigenvalue weighted by Gasteiger charge is 2.49. The molecular weight excluding hydrogens is 325 g/mol. The Morgan fingerprint density at radius 2 is 1.64 bits per heavy atom. The summed E-state index contributed by atoms with van der Waals surface area (Å²) in [5.41, 5.74) is 0.818. The molecule has 2 unspecified atom stereocenters. The highest BCUT2D eigenvalue weighted by Crippen LogP contribution is 2.40. The molecule has 1 N–H and O–H groups in total. The van der Waals surface area contributed by atoms with Crippen molar-refractivity contribution in [2.45, 2.75) is 19.9 Å². The second kappa shape index (κ2) is 7.21. The van der Waals surface area contributed by atoms with Crippen LogP contribution in [-0.2, 0) is 20.9 Å². The van der Waals surface area contributed by atoms with Gasteiger partial charge in [-0.15, -0.1) is 0 Å². The van der Waals surface area contributed by atoms with E-state index in [1.807, 2.05) is 0 Å². The predicted octanol–water partition coefficient (Wildman–Crippen LogP) is 0.769. The van der Waals surface area contributed by atoms with Gasteiger partial charge in [-0.2, -0.15) is 0 Å². The van der Waals surface area contributed by atoms with Gasteiger partial charge in [0, 0.05) is 39.6 Å². The second-order valence-corrected chi connectivity index (χ2v) is 6.62. The minimum Gasteiger partial charge on any atom is -0.352 e. The summed E-state index contributed by atoms with van der Waals surface area (Å²) in [4.78, 5) is 39.4. The molecule has 3 rings (SSSR count). The average Bonchev–Trinajstić information content (AvgIpc) is 3.41. The Hall–Kier alpha value is -2.44. The third kappa shape index (κ3) is 4.15. The fraction of sp³-hybridized carbons (Fsp3) is 0.500. The molecule has 7 heteroatoms. The average molecular weight is 347 g/mol. The van der Waals surface area contributed by atoms with Crippen LogP contribution < -0.4 is 5.32 Å². The number of benzene rings is 1. The van der Waals surface area contributed by atoms with Gasteiger partial charge in [0.05, 0.1) is 11.8 Å². The van der Waals surface area contributed by atoms with Crippen molar-refractivity contribution in [3.05, 3.63) is 35.6 Å². The maximum Gasteiger partial charge on any atom is 0.226 e. The van der Waals surface area contributed by atoms with Crippen LogP contribution in [0.2, 0.25) is 0 Å². The first-order valence-electron chi connectivity index (χ1n) is 8.52. The van der Waals surface area contributed by atoms with E-state index in [4.69, 9.17) is 0 Å². The van der Waals surface area contributed by atoms with Gasteiger partial charge in [-0.25, -0.2) is 4.39 Å². The minimum absolute atomic E-state index is 0.00475. The van der Waals surface area contributed by atoms with Crippen LogP contribution in [0.15, 0.2) is 24.3 Å². The van der Waals surface area contributed by atoms with E-state index in [2.05, 4.69) is 5.32 Å². The molecule has 0 spiro atoms. The zero-order valence-corrected chi connectivity index (χ0v) is 14.2. The minimum atomic E-state index is -0.312. The Bertz CT molecular complexity index is 669. The smallest absolute Gasteiger partial charge is 0.226 e. The van der Waals surface area contributed by atoms with E-state index in [0.29, 0.717) is 39.1 Å². The zero-order valence-electron chi connectivity index (χ0n) is 14.2. The van der Waals surface area contributed by atoms with Crippen LogP contribution in [0.1, 0.15) is 18.9 Å². The highest BCUT2D eigenvalue weighted by molar-refractivity contribution is 5.92. The summed E-state index contributed by atoms with van der Waals surface area (Å²) in [5.74, 6) is -0.949. The number of nitrogens with zero attached hydrogens (tertiary/aromatic N) is 2. The molecule has 2 aliphatic rings. The lowest BCUT2D eigenvalue weighted by Crippen LogP contribution is -2.50. The SMILES string of the molecule is CC(=O)N1CCN(C(=O)C2CC2C(=O)NCc2ccc(F)cc2)CC1. The molecular formula is C18H22FN3O3. The lowest BCUT2D eigenvalue weighted by Gasteiger charge is -2.34. The van der Waals surface area contributed by atoms with Crippen LogP contribution in [0, 0.1) is 17.7 Å². The van der Waals surface area contributed by atoms with Crippen LogP contribution >= 0.6 is 0 Å². The quantitative estimate of drug-likeness (QED) is 0.875. The van der Waals surface area contributed by atoms with E-state index in [0.717, 1.165) is 5.56 Å². The monoisotopic (exact) mass is 347 g/mol. The third-order valence-corrected chi connectivity index (χ3v) is 4.86. The lowest BCUT2D eigenvalue weighted by molar-refractivity contribution is -0.140. The summed E-state index contributed by atoms with van der Waals surface area (Å²) >= 11 is 0. The number of carbonyl (C=O) groups is 3. The molecule has 1 saturated carbocycles. The first kappa shape index (κ1) is 17.4. The van der Waals surface area contributed by atoms with E-state index >= 15 is 0 Å². The van der Waals surface area contributed by atoms with E-state index in [9.17, 15) is 18.8 Å². The molecule has 1 aromatic carbocycles. The van der Waals surface area contributed by atoms with Gasteiger partial charge in [-0.1, -0.05) is 12.1 Å². The van der Waals surface area contributed by atoms with Crippen LogP contribution in [0.3, 0.4) is 0 Å². The Balaban J connectivity index is 1.44. The molecule has 1 aromatic rings. The van der Waals surface area contributed by atoms with Crippen molar-refractivity contribution >= 4 is 17.7 Å². The van der Waals surface area contributed by atoms with E-state index in [-0.39, 0.29) is 35.4 Å². The van der Waals surface area contributed by atoms with Crippen LogP contribution in [-0.4, -0.2) is 53.7 Å².